The third-order valence-electron chi connectivity index (χ3n) is 4.23. The Balaban J connectivity index is 1.60. The van der Waals surface area contributed by atoms with Crippen LogP contribution in [0, 0.1) is 11.7 Å². The number of carbonyl (C=O) groups excluding carboxylic acids is 1. The van der Waals surface area contributed by atoms with Gasteiger partial charge in [0.25, 0.3) is 0 Å². The summed E-state index contributed by atoms with van der Waals surface area (Å²) >= 11 is 0. The molecule has 0 saturated heterocycles. The number of aromatic nitrogens is 2. The molecular formula is C18H22FN3O2. The van der Waals surface area contributed by atoms with Gasteiger partial charge in [0.1, 0.15) is 11.9 Å². The maximum atomic E-state index is 13.6. The van der Waals surface area contributed by atoms with Crippen molar-refractivity contribution in [2.45, 2.75) is 51.5 Å². The number of hydrogen-bond donors (Lipinski definition) is 1. The molecule has 6 heteroatoms. The van der Waals surface area contributed by atoms with Crippen LogP contribution in [0.3, 0.4) is 0 Å². The summed E-state index contributed by atoms with van der Waals surface area (Å²) in [5.74, 6) is 1.28. The molecular weight excluding hydrogens is 309 g/mol. The van der Waals surface area contributed by atoms with Gasteiger partial charge < -0.3 is 9.84 Å². The molecule has 128 valence electrons. The second kappa shape index (κ2) is 7.11. The molecule has 1 atom stereocenters. The third-order valence-corrected chi connectivity index (χ3v) is 4.23. The number of carbonyl (C=O) groups is 1. The monoisotopic (exact) mass is 331 g/mol. The van der Waals surface area contributed by atoms with E-state index in [1.807, 2.05) is 13.8 Å². The van der Waals surface area contributed by atoms with Gasteiger partial charge in [-0.1, -0.05) is 37.2 Å². The minimum Gasteiger partial charge on any atom is -0.344 e. The molecule has 0 unspecified atom stereocenters. The Morgan fingerprint density at radius 1 is 1.38 bits per heavy atom. The molecule has 1 N–H and O–H groups in total. The SMILES string of the molecule is CC(C)[C@@H](NC(=O)CCc1ccccc1F)c1nc(C2CC2)no1. The van der Waals surface area contributed by atoms with Crippen LogP contribution in [-0.2, 0) is 11.2 Å². The first kappa shape index (κ1) is 16.6. The highest BCUT2D eigenvalue weighted by Gasteiger charge is 2.31. The van der Waals surface area contributed by atoms with Crippen LogP contribution in [0.1, 0.15) is 62.3 Å². The van der Waals surface area contributed by atoms with Crippen LogP contribution in [-0.4, -0.2) is 16.0 Å². The summed E-state index contributed by atoms with van der Waals surface area (Å²) < 4.78 is 19.0. The number of hydrogen-bond acceptors (Lipinski definition) is 4. The lowest BCUT2D eigenvalue weighted by atomic mass is 10.0. The van der Waals surface area contributed by atoms with E-state index in [0.29, 0.717) is 23.8 Å². The van der Waals surface area contributed by atoms with Crippen LogP contribution in [0.5, 0.6) is 0 Å². The smallest absolute Gasteiger partial charge is 0.249 e. The number of halogens is 1. The molecule has 0 radical (unpaired) electrons. The van der Waals surface area contributed by atoms with Crippen LogP contribution in [0.15, 0.2) is 28.8 Å². The maximum absolute atomic E-state index is 13.6. The van der Waals surface area contributed by atoms with Gasteiger partial charge in [-0.05, 0) is 36.8 Å². The Bertz CT molecular complexity index is 710. The van der Waals surface area contributed by atoms with Crippen LogP contribution in [0.4, 0.5) is 4.39 Å². The van der Waals surface area contributed by atoms with Crippen molar-refractivity contribution >= 4 is 5.91 Å². The van der Waals surface area contributed by atoms with Crippen molar-refractivity contribution in [1.29, 1.82) is 0 Å². The first-order valence-corrected chi connectivity index (χ1v) is 8.41. The Morgan fingerprint density at radius 2 is 2.12 bits per heavy atom. The quantitative estimate of drug-likeness (QED) is 0.843. The summed E-state index contributed by atoms with van der Waals surface area (Å²) in [5, 5.41) is 6.94. The van der Waals surface area contributed by atoms with Gasteiger partial charge in [-0.15, -0.1) is 0 Å². The van der Waals surface area contributed by atoms with E-state index in [1.54, 1.807) is 18.2 Å². The van der Waals surface area contributed by atoms with Crippen LogP contribution >= 0.6 is 0 Å². The molecule has 3 rings (SSSR count). The summed E-state index contributed by atoms with van der Waals surface area (Å²) in [4.78, 5) is 16.7. The molecule has 24 heavy (non-hydrogen) atoms. The molecule has 1 fully saturated rings. The topological polar surface area (TPSA) is 68.0 Å². The lowest BCUT2D eigenvalue weighted by Gasteiger charge is -2.18. The third kappa shape index (κ3) is 3.99. The van der Waals surface area contributed by atoms with E-state index in [9.17, 15) is 9.18 Å². The molecule has 5 nitrogen and oxygen atoms in total. The number of amides is 1. The molecule has 1 aliphatic rings. The predicted molar refractivity (Wildman–Crippen MR) is 86.7 cm³/mol. The highest BCUT2D eigenvalue weighted by molar-refractivity contribution is 5.76. The number of aryl methyl sites for hydroxylation is 1. The van der Waals surface area contributed by atoms with E-state index in [1.165, 1.54) is 6.07 Å². The number of nitrogens with one attached hydrogen (secondary N) is 1. The van der Waals surface area contributed by atoms with E-state index in [4.69, 9.17) is 4.52 Å². The Labute approximate surface area is 140 Å². The summed E-state index contributed by atoms with van der Waals surface area (Å²) in [6, 6.07) is 6.19. The molecule has 1 aliphatic carbocycles. The largest absolute Gasteiger partial charge is 0.344 e. The maximum Gasteiger partial charge on any atom is 0.249 e. The standard InChI is InChI=1S/C18H22FN3O2/c1-11(2)16(18-21-17(22-24-18)13-7-8-13)20-15(23)10-9-12-5-3-4-6-14(12)19/h3-6,11,13,16H,7-10H2,1-2H3,(H,20,23)/t16-/m1/s1. The van der Waals surface area contributed by atoms with Gasteiger partial charge in [0.15, 0.2) is 5.82 Å². The van der Waals surface area contributed by atoms with Crippen molar-refractivity contribution < 1.29 is 13.7 Å². The summed E-state index contributed by atoms with van der Waals surface area (Å²) in [5.41, 5.74) is 0.544. The van der Waals surface area contributed by atoms with E-state index >= 15 is 0 Å². The van der Waals surface area contributed by atoms with Crippen LogP contribution < -0.4 is 5.32 Å². The van der Waals surface area contributed by atoms with Crippen LogP contribution in [0.25, 0.3) is 0 Å². The molecule has 0 aliphatic heterocycles. The van der Waals surface area contributed by atoms with Gasteiger partial charge in [-0.2, -0.15) is 4.98 Å². The lowest BCUT2D eigenvalue weighted by Crippen LogP contribution is -2.32. The molecule has 1 amide bonds. The highest BCUT2D eigenvalue weighted by Crippen LogP contribution is 2.38. The zero-order valence-corrected chi connectivity index (χ0v) is 14.0. The van der Waals surface area contributed by atoms with Crippen molar-refractivity contribution in [2.24, 2.45) is 5.92 Å². The van der Waals surface area contributed by atoms with Gasteiger partial charge in [0.05, 0.1) is 0 Å². The number of rotatable bonds is 7. The molecule has 0 spiro atoms. The minimum absolute atomic E-state index is 0.120. The van der Waals surface area contributed by atoms with Gasteiger partial charge in [0, 0.05) is 12.3 Å². The Morgan fingerprint density at radius 3 is 2.79 bits per heavy atom. The first-order chi connectivity index (χ1) is 11.5. The van der Waals surface area contributed by atoms with Crippen molar-refractivity contribution in [3.05, 3.63) is 47.4 Å². The molecule has 1 aromatic carbocycles. The molecule has 1 aromatic heterocycles. The van der Waals surface area contributed by atoms with Crippen molar-refractivity contribution in [1.82, 2.24) is 15.5 Å². The Hall–Kier alpha value is -2.24. The summed E-state index contributed by atoms with van der Waals surface area (Å²) in [6.45, 7) is 3.98. The zero-order chi connectivity index (χ0) is 17.1. The van der Waals surface area contributed by atoms with E-state index in [2.05, 4.69) is 15.5 Å². The fraction of sp³-hybridized carbons (Fsp3) is 0.500. The molecule has 0 bridgehead atoms. The van der Waals surface area contributed by atoms with Gasteiger partial charge >= 0.3 is 0 Å². The first-order valence-electron chi connectivity index (χ1n) is 8.41. The van der Waals surface area contributed by atoms with E-state index in [-0.39, 0.29) is 30.1 Å². The van der Waals surface area contributed by atoms with Crippen LogP contribution in [0.2, 0.25) is 0 Å². The normalized spacial score (nSPS) is 15.5. The second-order valence-electron chi connectivity index (χ2n) is 6.65. The highest BCUT2D eigenvalue weighted by atomic mass is 19.1. The fourth-order valence-corrected chi connectivity index (χ4v) is 2.59. The lowest BCUT2D eigenvalue weighted by molar-refractivity contribution is -0.122. The van der Waals surface area contributed by atoms with Crippen molar-refractivity contribution in [3.8, 4) is 0 Å². The minimum atomic E-state index is -0.321. The average Bonchev–Trinajstić information content (AvgIpc) is 3.29. The second-order valence-corrected chi connectivity index (χ2v) is 6.65. The number of nitrogens with zero attached hydrogens (tertiary/aromatic N) is 2. The fourth-order valence-electron chi connectivity index (χ4n) is 2.59. The summed E-state index contributed by atoms with van der Waals surface area (Å²) in [7, 11) is 0. The van der Waals surface area contributed by atoms with E-state index in [0.717, 1.165) is 18.7 Å². The molecule has 1 saturated carbocycles. The van der Waals surface area contributed by atoms with Gasteiger partial charge in [-0.3, -0.25) is 4.79 Å². The van der Waals surface area contributed by atoms with E-state index < -0.39 is 0 Å². The zero-order valence-electron chi connectivity index (χ0n) is 14.0. The van der Waals surface area contributed by atoms with Crippen molar-refractivity contribution in [2.75, 3.05) is 0 Å². The number of benzene rings is 1. The predicted octanol–water partition coefficient (Wildman–Crippen LogP) is 3.53. The van der Waals surface area contributed by atoms with Gasteiger partial charge in [-0.25, -0.2) is 4.39 Å². The van der Waals surface area contributed by atoms with Crippen molar-refractivity contribution in [3.63, 3.8) is 0 Å². The molecule has 1 heterocycles. The average molecular weight is 331 g/mol. The summed E-state index contributed by atoms with van der Waals surface area (Å²) in [6.07, 6.45) is 2.77. The van der Waals surface area contributed by atoms with Gasteiger partial charge in [0.2, 0.25) is 11.8 Å². The Kier molecular flexibility index (Phi) is 4.92. The molecule has 2 aromatic rings.